The number of hydrogen-bond donors (Lipinski definition) is 1. The number of rotatable bonds is 5. The molecule has 37 heavy (non-hydrogen) atoms. The number of carbonyl (C=O) groups excluding carboxylic acids is 1. The molecule has 1 aromatic carbocycles. The van der Waals surface area contributed by atoms with Gasteiger partial charge >= 0.3 is 0 Å². The Kier molecular flexibility index (Phi) is 6.51. The van der Waals surface area contributed by atoms with Gasteiger partial charge in [0, 0.05) is 56.9 Å². The number of pyridine rings is 1. The van der Waals surface area contributed by atoms with Crippen molar-refractivity contribution in [2.45, 2.75) is 32.9 Å². The average molecular weight is 502 g/mol. The van der Waals surface area contributed by atoms with Crippen LogP contribution in [-0.2, 0) is 11.8 Å². The number of fused-ring (bicyclic) bond motifs is 1. The summed E-state index contributed by atoms with van der Waals surface area (Å²) in [7, 11) is 1.78. The second kappa shape index (κ2) is 9.78. The molecule has 1 N–H and O–H groups in total. The molecule has 1 amide bonds. The van der Waals surface area contributed by atoms with Gasteiger partial charge in [0.05, 0.1) is 22.6 Å². The Morgan fingerprint density at radius 1 is 1.11 bits per heavy atom. The standard InChI is InChI=1S/C27H31N7O3/c1-17-7-8-28-23(11-17)19(3)34-24-12-20(5-6-22(24)26(37)31(34)4)21-13-29-27(30-14-21)32-9-10-33(18(2)15-32)25(36)16-35/h5-8,11-14,18-19,35H,9-10,15-16H2,1-4H3. The summed E-state index contributed by atoms with van der Waals surface area (Å²) in [5, 5.41) is 9.82. The fraction of sp³-hybridized carbons (Fsp3) is 0.370. The Balaban J connectivity index is 1.44. The number of piperazine rings is 1. The molecule has 2 unspecified atom stereocenters. The molecule has 2 atom stereocenters. The van der Waals surface area contributed by atoms with Gasteiger partial charge in [0.2, 0.25) is 11.9 Å². The Hall–Kier alpha value is -4.05. The highest BCUT2D eigenvalue weighted by Crippen LogP contribution is 2.27. The van der Waals surface area contributed by atoms with Crippen molar-refractivity contribution in [2.24, 2.45) is 7.05 Å². The van der Waals surface area contributed by atoms with Gasteiger partial charge in [-0.15, -0.1) is 0 Å². The van der Waals surface area contributed by atoms with Crippen molar-refractivity contribution in [1.82, 2.24) is 29.2 Å². The van der Waals surface area contributed by atoms with Crippen LogP contribution in [-0.4, -0.2) is 72.5 Å². The lowest BCUT2D eigenvalue weighted by Gasteiger charge is -2.39. The Bertz CT molecular complexity index is 1510. The van der Waals surface area contributed by atoms with Crippen LogP contribution in [0.4, 0.5) is 5.95 Å². The van der Waals surface area contributed by atoms with Crippen LogP contribution in [0, 0.1) is 6.92 Å². The van der Waals surface area contributed by atoms with Gasteiger partial charge in [-0.05, 0) is 56.2 Å². The highest BCUT2D eigenvalue weighted by atomic mass is 16.3. The molecule has 1 aliphatic heterocycles. The number of amides is 1. The molecule has 1 aliphatic rings. The molecule has 1 fully saturated rings. The third-order valence-electron chi connectivity index (χ3n) is 7.16. The Labute approximate surface area is 214 Å². The minimum Gasteiger partial charge on any atom is -0.387 e. The predicted octanol–water partition coefficient (Wildman–Crippen LogP) is 2.14. The fourth-order valence-electron chi connectivity index (χ4n) is 5.13. The smallest absolute Gasteiger partial charge is 0.274 e. The zero-order valence-electron chi connectivity index (χ0n) is 21.5. The van der Waals surface area contributed by atoms with Crippen molar-refractivity contribution in [1.29, 1.82) is 0 Å². The molecule has 10 nitrogen and oxygen atoms in total. The van der Waals surface area contributed by atoms with Gasteiger partial charge in [-0.2, -0.15) is 0 Å². The van der Waals surface area contributed by atoms with E-state index in [4.69, 9.17) is 0 Å². The maximum Gasteiger partial charge on any atom is 0.274 e. The third-order valence-corrected chi connectivity index (χ3v) is 7.16. The lowest BCUT2D eigenvalue weighted by molar-refractivity contribution is -0.136. The molecule has 4 aromatic rings. The molecule has 10 heteroatoms. The van der Waals surface area contributed by atoms with Crippen LogP contribution in [0.15, 0.2) is 53.7 Å². The minimum atomic E-state index is -0.477. The van der Waals surface area contributed by atoms with E-state index in [9.17, 15) is 14.7 Å². The maximum absolute atomic E-state index is 13.0. The summed E-state index contributed by atoms with van der Waals surface area (Å²) in [5.74, 6) is 0.342. The van der Waals surface area contributed by atoms with Gasteiger partial charge in [-0.25, -0.2) is 9.97 Å². The van der Waals surface area contributed by atoms with Crippen LogP contribution < -0.4 is 10.5 Å². The minimum absolute atomic E-state index is 0.0428. The monoisotopic (exact) mass is 501 g/mol. The summed E-state index contributed by atoms with van der Waals surface area (Å²) < 4.78 is 3.62. The van der Waals surface area contributed by atoms with Crippen molar-refractivity contribution in [3.8, 4) is 11.1 Å². The van der Waals surface area contributed by atoms with Crippen LogP contribution in [0.2, 0.25) is 0 Å². The number of aromatic nitrogens is 5. The molecule has 192 valence electrons. The van der Waals surface area contributed by atoms with Crippen molar-refractivity contribution >= 4 is 22.8 Å². The van der Waals surface area contributed by atoms with Gasteiger partial charge in [-0.1, -0.05) is 6.07 Å². The first-order chi connectivity index (χ1) is 17.8. The van der Waals surface area contributed by atoms with Crippen molar-refractivity contribution in [2.75, 3.05) is 31.1 Å². The number of hydrogen-bond acceptors (Lipinski definition) is 7. The molecular weight excluding hydrogens is 470 g/mol. The number of nitrogens with zero attached hydrogens (tertiary/aromatic N) is 7. The number of benzene rings is 1. The first-order valence-electron chi connectivity index (χ1n) is 12.4. The summed E-state index contributed by atoms with van der Waals surface area (Å²) in [6.45, 7) is 7.26. The topological polar surface area (TPSA) is 109 Å². The van der Waals surface area contributed by atoms with Crippen LogP contribution in [0.5, 0.6) is 0 Å². The highest BCUT2D eigenvalue weighted by Gasteiger charge is 2.28. The number of carbonyl (C=O) groups is 1. The van der Waals surface area contributed by atoms with Gasteiger partial charge < -0.3 is 14.9 Å². The van der Waals surface area contributed by atoms with Gasteiger partial charge in [0.15, 0.2) is 0 Å². The molecule has 0 aliphatic carbocycles. The molecule has 4 heterocycles. The quantitative estimate of drug-likeness (QED) is 0.446. The first kappa shape index (κ1) is 24.6. The lowest BCUT2D eigenvalue weighted by Crippen LogP contribution is -2.55. The van der Waals surface area contributed by atoms with E-state index in [0.717, 1.165) is 27.9 Å². The molecule has 3 aromatic heterocycles. The molecule has 0 radical (unpaired) electrons. The second-order valence-electron chi connectivity index (χ2n) is 9.65. The molecule has 1 saturated heterocycles. The van der Waals surface area contributed by atoms with Crippen LogP contribution >= 0.6 is 0 Å². The maximum atomic E-state index is 13.0. The van der Waals surface area contributed by atoms with Gasteiger partial charge in [-0.3, -0.25) is 23.9 Å². The largest absolute Gasteiger partial charge is 0.387 e. The Morgan fingerprint density at radius 3 is 2.54 bits per heavy atom. The zero-order valence-corrected chi connectivity index (χ0v) is 21.5. The second-order valence-corrected chi connectivity index (χ2v) is 9.65. The van der Waals surface area contributed by atoms with E-state index in [0.29, 0.717) is 31.0 Å². The summed E-state index contributed by atoms with van der Waals surface area (Å²) in [6.07, 6.45) is 5.37. The van der Waals surface area contributed by atoms with Gasteiger partial charge in [0.1, 0.15) is 6.61 Å². The first-order valence-corrected chi connectivity index (χ1v) is 12.4. The normalized spacial score (nSPS) is 16.8. The number of aryl methyl sites for hydroxylation is 1. The van der Waals surface area contributed by atoms with E-state index in [1.54, 1.807) is 35.2 Å². The highest BCUT2D eigenvalue weighted by molar-refractivity contribution is 5.84. The van der Waals surface area contributed by atoms with Crippen LogP contribution in [0.25, 0.3) is 22.0 Å². The molecule has 0 spiro atoms. The van der Waals surface area contributed by atoms with E-state index >= 15 is 0 Å². The van der Waals surface area contributed by atoms with E-state index < -0.39 is 6.61 Å². The molecule has 0 saturated carbocycles. The average Bonchev–Trinajstić information content (AvgIpc) is 3.16. The summed E-state index contributed by atoms with van der Waals surface area (Å²) in [6, 6.07) is 9.60. The SMILES string of the molecule is Cc1ccnc(C(C)n2c3cc(-c4cnc(N5CCN(C(=O)CO)C(C)C5)nc4)ccc3c(=O)n2C)c1. The lowest BCUT2D eigenvalue weighted by atomic mass is 10.1. The molecular formula is C27H31N7O3. The number of aliphatic hydroxyl groups excluding tert-OH is 1. The Morgan fingerprint density at radius 2 is 1.86 bits per heavy atom. The predicted molar refractivity (Wildman–Crippen MR) is 141 cm³/mol. The van der Waals surface area contributed by atoms with E-state index in [-0.39, 0.29) is 23.6 Å². The zero-order chi connectivity index (χ0) is 26.3. The molecule has 5 rings (SSSR count). The van der Waals surface area contributed by atoms with E-state index in [1.807, 2.05) is 60.7 Å². The fourth-order valence-corrected chi connectivity index (χ4v) is 5.13. The van der Waals surface area contributed by atoms with Crippen molar-refractivity contribution in [3.05, 3.63) is 70.5 Å². The summed E-state index contributed by atoms with van der Waals surface area (Å²) >= 11 is 0. The summed E-state index contributed by atoms with van der Waals surface area (Å²) in [5.41, 5.74) is 4.53. The van der Waals surface area contributed by atoms with Crippen LogP contribution in [0.1, 0.15) is 31.1 Å². The summed E-state index contributed by atoms with van der Waals surface area (Å²) in [4.78, 5) is 42.4. The third kappa shape index (κ3) is 4.48. The van der Waals surface area contributed by atoms with E-state index in [2.05, 4.69) is 15.0 Å². The number of aliphatic hydroxyl groups is 1. The van der Waals surface area contributed by atoms with E-state index in [1.165, 1.54) is 0 Å². The number of anilines is 1. The van der Waals surface area contributed by atoms with Crippen molar-refractivity contribution < 1.29 is 9.90 Å². The van der Waals surface area contributed by atoms with Gasteiger partial charge in [0.25, 0.3) is 5.56 Å². The van der Waals surface area contributed by atoms with Crippen molar-refractivity contribution in [3.63, 3.8) is 0 Å². The van der Waals surface area contributed by atoms with Crippen LogP contribution in [0.3, 0.4) is 0 Å². The molecule has 0 bridgehead atoms.